The fourth-order valence-electron chi connectivity index (χ4n) is 2.12. The molecule has 0 bridgehead atoms. The molecule has 6 heteroatoms. The van der Waals surface area contributed by atoms with Crippen LogP contribution in [-0.4, -0.2) is 45.0 Å². The quantitative estimate of drug-likeness (QED) is 0.708. The lowest BCUT2D eigenvalue weighted by Crippen LogP contribution is -2.30. The molecular weight excluding hydrogens is 289 g/mol. The summed E-state index contributed by atoms with van der Waals surface area (Å²) in [4.78, 5) is 11.6. The molecule has 0 aliphatic carbocycles. The van der Waals surface area contributed by atoms with Crippen LogP contribution < -0.4 is 10.1 Å². The van der Waals surface area contributed by atoms with Gasteiger partial charge in [0, 0.05) is 19.8 Å². The lowest BCUT2D eigenvalue weighted by Gasteiger charge is -2.10. The molecule has 1 saturated heterocycles. The smallest absolute Gasteiger partial charge is 0.257 e. The van der Waals surface area contributed by atoms with Gasteiger partial charge in [0.05, 0.1) is 12.7 Å². The van der Waals surface area contributed by atoms with E-state index in [1.165, 1.54) is 24.3 Å². The number of carbonyl (C=O) groups excluding carboxylic acids is 1. The van der Waals surface area contributed by atoms with Crippen LogP contribution in [0.3, 0.4) is 0 Å². The summed E-state index contributed by atoms with van der Waals surface area (Å²) >= 11 is 0. The Labute approximate surface area is 129 Å². The zero-order valence-corrected chi connectivity index (χ0v) is 12.6. The van der Waals surface area contributed by atoms with Gasteiger partial charge in [-0.1, -0.05) is 0 Å². The van der Waals surface area contributed by atoms with Crippen molar-refractivity contribution in [2.45, 2.75) is 25.4 Å². The van der Waals surface area contributed by atoms with Gasteiger partial charge >= 0.3 is 0 Å². The van der Waals surface area contributed by atoms with Crippen molar-refractivity contribution in [1.29, 1.82) is 0 Å². The summed E-state index contributed by atoms with van der Waals surface area (Å²) in [7, 11) is 0. The van der Waals surface area contributed by atoms with E-state index in [1.54, 1.807) is 0 Å². The van der Waals surface area contributed by atoms with Crippen molar-refractivity contribution >= 4 is 5.91 Å². The Morgan fingerprint density at radius 3 is 2.91 bits per heavy atom. The van der Waals surface area contributed by atoms with Crippen LogP contribution in [0.5, 0.6) is 5.75 Å². The molecule has 122 valence electrons. The zero-order chi connectivity index (χ0) is 15.6. The summed E-state index contributed by atoms with van der Waals surface area (Å²) in [5.74, 6) is -0.0697. The van der Waals surface area contributed by atoms with Crippen LogP contribution in [0.15, 0.2) is 24.3 Å². The van der Waals surface area contributed by atoms with Crippen LogP contribution in [0.25, 0.3) is 0 Å². The molecule has 0 spiro atoms. The molecule has 0 aromatic heterocycles. The number of benzene rings is 1. The molecule has 1 amide bonds. The van der Waals surface area contributed by atoms with Crippen LogP contribution in [0.4, 0.5) is 4.39 Å². The highest BCUT2D eigenvalue weighted by Crippen LogP contribution is 2.12. The van der Waals surface area contributed by atoms with Gasteiger partial charge in [-0.15, -0.1) is 0 Å². The van der Waals surface area contributed by atoms with Crippen molar-refractivity contribution in [1.82, 2.24) is 5.32 Å². The van der Waals surface area contributed by atoms with Crippen LogP contribution in [-0.2, 0) is 14.3 Å². The van der Waals surface area contributed by atoms with Gasteiger partial charge in [-0.2, -0.15) is 0 Å². The average molecular weight is 311 g/mol. The van der Waals surface area contributed by atoms with Crippen LogP contribution in [0, 0.1) is 5.82 Å². The van der Waals surface area contributed by atoms with Crippen LogP contribution in [0.1, 0.15) is 19.3 Å². The molecule has 1 N–H and O–H groups in total. The van der Waals surface area contributed by atoms with Gasteiger partial charge in [0.25, 0.3) is 5.91 Å². The van der Waals surface area contributed by atoms with E-state index in [1.807, 2.05) is 0 Å². The number of amides is 1. The Morgan fingerprint density at radius 2 is 2.18 bits per heavy atom. The van der Waals surface area contributed by atoms with Gasteiger partial charge in [0.1, 0.15) is 11.6 Å². The number of hydrogen-bond donors (Lipinski definition) is 1. The van der Waals surface area contributed by atoms with E-state index in [0.29, 0.717) is 25.5 Å². The first-order chi connectivity index (χ1) is 10.7. The predicted octanol–water partition coefficient (Wildman–Crippen LogP) is 1.91. The highest BCUT2D eigenvalue weighted by Gasteiger charge is 2.14. The fraction of sp³-hybridized carbons (Fsp3) is 0.562. The third-order valence-corrected chi connectivity index (χ3v) is 3.30. The van der Waals surface area contributed by atoms with E-state index in [9.17, 15) is 9.18 Å². The summed E-state index contributed by atoms with van der Waals surface area (Å²) in [5, 5.41) is 2.74. The summed E-state index contributed by atoms with van der Waals surface area (Å²) < 4.78 is 28.9. The summed E-state index contributed by atoms with van der Waals surface area (Å²) in [6, 6.07) is 5.56. The fourth-order valence-corrected chi connectivity index (χ4v) is 2.12. The number of halogens is 1. The number of carbonyl (C=O) groups is 1. The lowest BCUT2D eigenvalue weighted by molar-refractivity contribution is -0.123. The Hall–Kier alpha value is -1.66. The van der Waals surface area contributed by atoms with E-state index in [4.69, 9.17) is 14.2 Å². The molecule has 5 nitrogen and oxygen atoms in total. The largest absolute Gasteiger partial charge is 0.484 e. The van der Waals surface area contributed by atoms with Crippen molar-refractivity contribution in [2.24, 2.45) is 0 Å². The van der Waals surface area contributed by atoms with Gasteiger partial charge in [0.15, 0.2) is 6.61 Å². The van der Waals surface area contributed by atoms with Gasteiger partial charge in [0.2, 0.25) is 0 Å². The molecular formula is C16H22FNO4. The lowest BCUT2D eigenvalue weighted by atomic mass is 10.2. The molecule has 1 atom stereocenters. The molecule has 1 unspecified atom stereocenters. The molecule has 0 saturated carbocycles. The maximum atomic E-state index is 12.7. The molecule has 1 aliphatic rings. The first-order valence-corrected chi connectivity index (χ1v) is 7.58. The van der Waals surface area contributed by atoms with Crippen molar-refractivity contribution in [3.05, 3.63) is 30.1 Å². The van der Waals surface area contributed by atoms with Gasteiger partial charge < -0.3 is 19.5 Å². The normalized spacial score (nSPS) is 17.4. The number of nitrogens with one attached hydrogen (secondary N) is 1. The maximum Gasteiger partial charge on any atom is 0.257 e. The van der Waals surface area contributed by atoms with E-state index >= 15 is 0 Å². The van der Waals surface area contributed by atoms with Gasteiger partial charge in [-0.3, -0.25) is 4.79 Å². The van der Waals surface area contributed by atoms with Crippen LogP contribution in [0.2, 0.25) is 0 Å². The second kappa shape index (κ2) is 9.38. The second-order valence-electron chi connectivity index (χ2n) is 5.16. The predicted molar refractivity (Wildman–Crippen MR) is 79.3 cm³/mol. The van der Waals surface area contributed by atoms with Gasteiger partial charge in [-0.25, -0.2) is 4.39 Å². The molecule has 2 rings (SSSR count). The van der Waals surface area contributed by atoms with Crippen molar-refractivity contribution < 1.29 is 23.4 Å². The monoisotopic (exact) mass is 311 g/mol. The first-order valence-electron chi connectivity index (χ1n) is 7.58. The molecule has 1 heterocycles. The Bertz CT molecular complexity index is 446. The molecule has 1 aromatic rings. The summed E-state index contributed by atoms with van der Waals surface area (Å²) in [6.07, 6.45) is 3.16. The minimum Gasteiger partial charge on any atom is -0.484 e. The molecule has 1 aromatic carbocycles. The zero-order valence-electron chi connectivity index (χ0n) is 12.6. The molecule has 0 radical (unpaired) electrons. The average Bonchev–Trinajstić information content (AvgIpc) is 3.03. The number of rotatable bonds is 9. The Kier molecular flexibility index (Phi) is 7.12. The summed E-state index contributed by atoms with van der Waals surface area (Å²) in [5.41, 5.74) is 0. The molecule has 1 aliphatic heterocycles. The number of hydrogen-bond acceptors (Lipinski definition) is 4. The third-order valence-electron chi connectivity index (χ3n) is 3.30. The van der Waals surface area contributed by atoms with E-state index < -0.39 is 0 Å². The SMILES string of the molecule is O=C(COc1ccc(F)cc1)NCCCOCC1CCCO1. The topological polar surface area (TPSA) is 56.8 Å². The maximum absolute atomic E-state index is 12.7. The first kappa shape index (κ1) is 16.7. The van der Waals surface area contributed by atoms with Crippen LogP contribution >= 0.6 is 0 Å². The van der Waals surface area contributed by atoms with Gasteiger partial charge in [-0.05, 0) is 43.5 Å². The third kappa shape index (κ3) is 6.41. The molecule has 1 fully saturated rings. The van der Waals surface area contributed by atoms with Crippen molar-refractivity contribution in [3.63, 3.8) is 0 Å². The van der Waals surface area contributed by atoms with E-state index in [2.05, 4.69) is 5.32 Å². The minimum absolute atomic E-state index is 0.0809. The van der Waals surface area contributed by atoms with E-state index in [-0.39, 0.29) is 24.4 Å². The van der Waals surface area contributed by atoms with Crippen molar-refractivity contribution in [3.8, 4) is 5.75 Å². The second-order valence-corrected chi connectivity index (χ2v) is 5.16. The highest BCUT2D eigenvalue weighted by molar-refractivity contribution is 5.77. The minimum atomic E-state index is -0.334. The van der Waals surface area contributed by atoms with Crippen molar-refractivity contribution in [2.75, 3.05) is 33.0 Å². The Morgan fingerprint density at radius 1 is 1.36 bits per heavy atom. The molecule has 22 heavy (non-hydrogen) atoms. The number of ether oxygens (including phenoxy) is 3. The van der Waals surface area contributed by atoms with E-state index in [0.717, 1.165) is 25.9 Å². The Balaban J connectivity index is 1.46. The highest BCUT2D eigenvalue weighted by atomic mass is 19.1. The summed E-state index contributed by atoms with van der Waals surface area (Å²) in [6.45, 7) is 2.51. The standard InChI is InChI=1S/C16H22FNO4/c17-13-4-6-14(7-5-13)22-12-16(19)18-8-2-9-20-11-15-3-1-10-21-15/h4-7,15H,1-3,8-12H2,(H,18,19).